The third-order valence-corrected chi connectivity index (χ3v) is 1.22. The average molecular weight is 168 g/mol. The Balaban J connectivity index is 4.33. The molecule has 0 N–H and O–H groups in total. The molecule has 0 aromatic rings. The zero-order chi connectivity index (χ0) is 9.07. The van der Waals surface area contributed by atoms with Crippen LogP contribution in [0.15, 0.2) is 0 Å². The van der Waals surface area contributed by atoms with E-state index in [1.165, 1.54) is 6.92 Å². The van der Waals surface area contributed by atoms with Gasteiger partial charge in [0.1, 0.15) is 6.29 Å². The molecule has 0 aliphatic carbocycles. The summed E-state index contributed by atoms with van der Waals surface area (Å²) in [5, 5.41) is 0. The van der Waals surface area contributed by atoms with Gasteiger partial charge >= 0.3 is 6.18 Å². The Morgan fingerprint density at radius 1 is 1.55 bits per heavy atom. The second-order valence-corrected chi connectivity index (χ2v) is 2.01. The van der Waals surface area contributed by atoms with Crippen LogP contribution in [0.5, 0.6) is 0 Å². The van der Waals surface area contributed by atoms with Gasteiger partial charge in [-0.15, -0.1) is 0 Å². The van der Waals surface area contributed by atoms with Crippen molar-refractivity contribution in [2.24, 2.45) is 5.92 Å². The van der Waals surface area contributed by atoms with Crippen molar-refractivity contribution in [3.8, 4) is 0 Å². The molecule has 0 rings (SSSR count). The highest BCUT2D eigenvalue weighted by Gasteiger charge is 2.42. The SMILES string of the molecule is CCC(C=O)C(=O)C(F)(F)F. The summed E-state index contributed by atoms with van der Waals surface area (Å²) in [6.45, 7) is 1.35. The minimum absolute atomic E-state index is 0.0236. The molecule has 2 nitrogen and oxygen atoms in total. The molecule has 11 heavy (non-hydrogen) atoms. The van der Waals surface area contributed by atoms with Gasteiger partial charge in [0.2, 0.25) is 5.78 Å². The van der Waals surface area contributed by atoms with Gasteiger partial charge in [-0.1, -0.05) is 6.92 Å². The Morgan fingerprint density at radius 2 is 2.00 bits per heavy atom. The topological polar surface area (TPSA) is 34.1 Å². The Kier molecular flexibility index (Phi) is 3.22. The zero-order valence-corrected chi connectivity index (χ0v) is 5.81. The lowest BCUT2D eigenvalue weighted by Gasteiger charge is -2.08. The molecule has 0 spiro atoms. The number of carbonyl (C=O) groups is 2. The van der Waals surface area contributed by atoms with Crippen LogP contribution in [0.25, 0.3) is 0 Å². The largest absolute Gasteiger partial charge is 0.450 e. The van der Waals surface area contributed by atoms with E-state index in [0.717, 1.165) is 0 Å². The van der Waals surface area contributed by atoms with E-state index in [4.69, 9.17) is 0 Å². The summed E-state index contributed by atoms with van der Waals surface area (Å²) in [6, 6.07) is 0. The van der Waals surface area contributed by atoms with E-state index in [0.29, 0.717) is 0 Å². The molecule has 0 aliphatic rings. The predicted octanol–water partition coefficient (Wildman–Crippen LogP) is 1.34. The highest BCUT2D eigenvalue weighted by atomic mass is 19.4. The van der Waals surface area contributed by atoms with E-state index in [-0.39, 0.29) is 12.7 Å². The van der Waals surface area contributed by atoms with E-state index in [1.54, 1.807) is 0 Å². The van der Waals surface area contributed by atoms with Gasteiger partial charge in [0.15, 0.2) is 0 Å². The molecule has 1 unspecified atom stereocenters. The van der Waals surface area contributed by atoms with Crippen molar-refractivity contribution in [2.75, 3.05) is 0 Å². The molecule has 0 aromatic carbocycles. The maximum atomic E-state index is 11.6. The number of halogens is 3. The molecule has 0 bridgehead atoms. The van der Waals surface area contributed by atoms with E-state index < -0.39 is 17.9 Å². The molecule has 1 atom stereocenters. The Bertz CT molecular complexity index is 162. The molecule has 0 fully saturated rings. The first-order chi connectivity index (χ1) is 4.93. The van der Waals surface area contributed by atoms with Crippen molar-refractivity contribution >= 4 is 12.1 Å². The number of rotatable bonds is 3. The molecular weight excluding hydrogens is 161 g/mol. The number of carbonyl (C=O) groups excluding carboxylic acids is 2. The van der Waals surface area contributed by atoms with Gasteiger partial charge in [0, 0.05) is 0 Å². The number of ketones is 1. The minimum Gasteiger partial charge on any atom is -0.303 e. The monoisotopic (exact) mass is 168 g/mol. The highest BCUT2D eigenvalue weighted by Crippen LogP contribution is 2.21. The maximum absolute atomic E-state index is 11.6. The van der Waals surface area contributed by atoms with Crippen LogP contribution in [0.3, 0.4) is 0 Å². The second kappa shape index (κ2) is 3.50. The van der Waals surface area contributed by atoms with Crippen molar-refractivity contribution in [3.05, 3.63) is 0 Å². The number of hydrogen-bond acceptors (Lipinski definition) is 2. The Labute approximate surface area is 61.4 Å². The summed E-state index contributed by atoms with van der Waals surface area (Å²) in [7, 11) is 0. The summed E-state index contributed by atoms with van der Waals surface area (Å²) in [5.41, 5.74) is 0. The van der Waals surface area contributed by atoms with Gasteiger partial charge in [-0.2, -0.15) is 13.2 Å². The summed E-state index contributed by atoms with van der Waals surface area (Å²) in [5.74, 6) is -3.50. The highest BCUT2D eigenvalue weighted by molar-refractivity contribution is 5.96. The molecule has 0 amide bonds. The first-order valence-corrected chi connectivity index (χ1v) is 2.99. The Morgan fingerprint density at radius 3 is 2.09 bits per heavy atom. The van der Waals surface area contributed by atoms with Crippen LogP contribution in [-0.2, 0) is 9.59 Å². The van der Waals surface area contributed by atoms with Crippen LogP contribution in [0.2, 0.25) is 0 Å². The van der Waals surface area contributed by atoms with Crippen molar-refractivity contribution in [1.82, 2.24) is 0 Å². The maximum Gasteiger partial charge on any atom is 0.450 e. The summed E-state index contributed by atoms with van der Waals surface area (Å²) >= 11 is 0. The molecule has 0 saturated carbocycles. The lowest BCUT2D eigenvalue weighted by Crippen LogP contribution is -2.30. The number of alkyl halides is 3. The second-order valence-electron chi connectivity index (χ2n) is 2.01. The van der Waals surface area contributed by atoms with E-state index in [9.17, 15) is 22.8 Å². The lowest BCUT2D eigenvalue weighted by molar-refractivity contribution is -0.175. The van der Waals surface area contributed by atoms with Crippen molar-refractivity contribution < 1.29 is 22.8 Å². The molecule has 5 heteroatoms. The van der Waals surface area contributed by atoms with E-state index in [2.05, 4.69) is 0 Å². The van der Waals surface area contributed by atoms with Crippen LogP contribution >= 0.6 is 0 Å². The quantitative estimate of drug-likeness (QED) is 0.470. The van der Waals surface area contributed by atoms with Gasteiger partial charge in [-0.25, -0.2) is 0 Å². The van der Waals surface area contributed by atoms with Crippen LogP contribution in [0.4, 0.5) is 13.2 Å². The molecule has 0 saturated heterocycles. The lowest BCUT2D eigenvalue weighted by atomic mass is 10.0. The molecule has 0 aromatic heterocycles. The van der Waals surface area contributed by atoms with Gasteiger partial charge in [-0.05, 0) is 6.42 Å². The summed E-state index contributed by atoms with van der Waals surface area (Å²) in [6.07, 6.45) is -4.97. The Hall–Kier alpha value is -0.870. The smallest absolute Gasteiger partial charge is 0.303 e. The number of aldehydes is 1. The minimum atomic E-state index is -4.89. The first-order valence-electron chi connectivity index (χ1n) is 2.99. The van der Waals surface area contributed by atoms with Crippen molar-refractivity contribution in [2.45, 2.75) is 19.5 Å². The van der Waals surface area contributed by atoms with Crippen molar-refractivity contribution in [1.29, 1.82) is 0 Å². The summed E-state index contributed by atoms with van der Waals surface area (Å²) in [4.78, 5) is 20.2. The number of Topliss-reactive ketones (excluding diaryl/α,β-unsaturated/α-hetero) is 1. The normalized spacial score (nSPS) is 14.2. The molecule has 0 aliphatic heterocycles. The number of hydrogen-bond donors (Lipinski definition) is 0. The third-order valence-electron chi connectivity index (χ3n) is 1.22. The molecule has 0 radical (unpaired) electrons. The van der Waals surface area contributed by atoms with Crippen LogP contribution in [-0.4, -0.2) is 18.2 Å². The van der Waals surface area contributed by atoms with Crippen LogP contribution < -0.4 is 0 Å². The zero-order valence-electron chi connectivity index (χ0n) is 5.81. The van der Waals surface area contributed by atoms with Gasteiger partial charge in [0.25, 0.3) is 0 Å². The van der Waals surface area contributed by atoms with E-state index >= 15 is 0 Å². The van der Waals surface area contributed by atoms with Crippen LogP contribution in [0, 0.1) is 5.92 Å². The fraction of sp³-hybridized carbons (Fsp3) is 0.667. The third kappa shape index (κ3) is 2.69. The van der Waals surface area contributed by atoms with Crippen LogP contribution in [0.1, 0.15) is 13.3 Å². The summed E-state index contributed by atoms with van der Waals surface area (Å²) < 4.78 is 34.7. The van der Waals surface area contributed by atoms with Gasteiger partial charge < -0.3 is 4.79 Å². The fourth-order valence-corrected chi connectivity index (χ4v) is 0.554. The van der Waals surface area contributed by atoms with Gasteiger partial charge in [0.05, 0.1) is 5.92 Å². The van der Waals surface area contributed by atoms with Gasteiger partial charge in [-0.3, -0.25) is 4.79 Å². The first kappa shape index (κ1) is 10.1. The predicted molar refractivity (Wildman–Crippen MR) is 30.9 cm³/mol. The van der Waals surface area contributed by atoms with E-state index in [1.807, 2.05) is 0 Å². The molecular formula is C6H7F3O2. The fourth-order valence-electron chi connectivity index (χ4n) is 0.554. The van der Waals surface area contributed by atoms with Crippen molar-refractivity contribution in [3.63, 3.8) is 0 Å². The standard InChI is InChI=1S/C6H7F3O2/c1-2-4(3-10)5(11)6(7,8)9/h3-4H,2H2,1H3. The molecule has 64 valence electrons. The molecule has 0 heterocycles. The average Bonchev–Trinajstić information content (AvgIpc) is 1.88.